The zero-order valence-electron chi connectivity index (χ0n) is 30.8. The molecule has 8 N–H and O–H groups in total. The number of carboxylic acid groups (broad SMARTS) is 2. The van der Waals surface area contributed by atoms with Crippen molar-refractivity contribution in [3.05, 3.63) is 77.9 Å². The summed E-state index contributed by atoms with van der Waals surface area (Å²) in [6.45, 7) is 3.40. The fourth-order valence-electron chi connectivity index (χ4n) is 7.15. The maximum Gasteiger partial charge on any atom is 0.335 e. The molecule has 1 aromatic heterocycles. The van der Waals surface area contributed by atoms with Crippen LogP contribution in [0.15, 0.2) is 66.7 Å². The highest BCUT2D eigenvalue weighted by atomic mass is 32.1. The van der Waals surface area contributed by atoms with Gasteiger partial charge in [0.15, 0.2) is 18.0 Å². The predicted molar refractivity (Wildman–Crippen MR) is 203 cm³/mol. The van der Waals surface area contributed by atoms with Gasteiger partial charge in [0.05, 0.1) is 0 Å². The Bertz CT molecular complexity index is 2090. The Labute approximate surface area is 334 Å². The van der Waals surface area contributed by atoms with Gasteiger partial charge in [0.1, 0.15) is 60.5 Å². The maximum atomic E-state index is 14.4. The van der Waals surface area contributed by atoms with E-state index in [0.29, 0.717) is 44.0 Å². The van der Waals surface area contributed by atoms with Crippen LogP contribution in [0.5, 0.6) is 17.2 Å². The van der Waals surface area contributed by atoms with E-state index in [1.54, 1.807) is 48.5 Å². The third-order valence-corrected chi connectivity index (χ3v) is 11.6. The number of hydrogen-bond donors (Lipinski definition) is 8. The molecule has 0 saturated carbocycles. The minimum Gasteiger partial charge on any atom is -0.492 e. The van der Waals surface area contributed by atoms with Crippen molar-refractivity contribution in [2.75, 3.05) is 26.2 Å². The van der Waals surface area contributed by atoms with Crippen molar-refractivity contribution in [1.82, 2.24) is 4.90 Å². The molecule has 18 heteroatoms. The van der Waals surface area contributed by atoms with E-state index >= 15 is 0 Å². The average molecular weight is 826 g/mol. The van der Waals surface area contributed by atoms with Gasteiger partial charge in [-0.3, -0.25) is 9.69 Å². The Balaban J connectivity index is 1.16. The van der Waals surface area contributed by atoms with E-state index in [1.165, 1.54) is 48.8 Å². The molecule has 10 atom stereocenters. The van der Waals surface area contributed by atoms with Gasteiger partial charge in [0, 0.05) is 32.6 Å². The molecule has 0 spiro atoms. The van der Waals surface area contributed by atoms with Crippen LogP contribution in [0.3, 0.4) is 0 Å². The molecule has 4 heterocycles. The molecule has 3 saturated heterocycles. The van der Waals surface area contributed by atoms with Crippen molar-refractivity contribution >= 4 is 39.1 Å². The molecule has 4 aromatic rings. The lowest BCUT2D eigenvalue weighted by Gasteiger charge is -2.38. The number of ether oxygens (including phenoxy) is 5. The summed E-state index contributed by atoms with van der Waals surface area (Å²) < 4.78 is 28.5. The third-order valence-electron chi connectivity index (χ3n) is 10.4. The second-order valence-electron chi connectivity index (χ2n) is 14.3. The normalized spacial score (nSPS) is 29.1. The first-order chi connectivity index (χ1) is 27.8. The lowest BCUT2D eigenvalue weighted by molar-refractivity contribution is -0.271. The van der Waals surface area contributed by atoms with Gasteiger partial charge in [-0.1, -0.05) is 6.42 Å². The van der Waals surface area contributed by atoms with Crippen LogP contribution in [-0.4, -0.2) is 151 Å². The molecule has 58 heavy (non-hydrogen) atoms. The second-order valence-corrected chi connectivity index (χ2v) is 15.4. The summed E-state index contributed by atoms with van der Waals surface area (Å²) in [5.41, 5.74) is 1.24. The molecular weight excluding hydrogens is 782 g/mol. The Kier molecular flexibility index (Phi) is 12.6. The summed E-state index contributed by atoms with van der Waals surface area (Å²) in [6.07, 6.45) is -14.5. The van der Waals surface area contributed by atoms with E-state index < -0.39 is 73.4 Å². The van der Waals surface area contributed by atoms with Gasteiger partial charge in [-0.25, -0.2) is 9.59 Å². The number of hydrogen-bond acceptors (Lipinski definition) is 16. The summed E-state index contributed by atoms with van der Waals surface area (Å²) in [7, 11) is 0. The number of aliphatic hydroxyl groups excluding tert-OH is 6. The number of likely N-dealkylation sites (tertiary alicyclic amines) is 1. The number of fused-ring (bicyclic) bond motifs is 1. The van der Waals surface area contributed by atoms with Crippen LogP contribution in [0.1, 0.15) is 35.2 Å². The summed E-state index contributed by atoms with van der Waals surface area (Å²) in [6, 6.07) is 17.7. The van der Waals surface area contributed by atoms with E-state index in [-0.39, 0.29) is 17.3 Å². The Morgan fingerprint density at radius 1 is 0.655 bits per heavy atom. The zero-order valence-corrected chi connectivity index (χ0v) is 31.6. The Hall–Kier alpha value is -4.73. The smallest absolute Gasteiger partial charge is 0.335 e. The van der Waals surface area contributed by atoms with Gasteiger partial charge in [-0.15, -0.1) is 11.3 Å². The van der Waals surface area contributed by atoms with Gasteiger partial charge in [0.2, 0.25) is 12.6 Å². The van der Waals surface area contributed by atoms with Crippen molar-refractivity contribution in [2.45, 2.75) is 80.7 Å². The van der Waals surface area contributed by atoms with Crippen LogP contribution >= 0.6 is 11.3 Å². The highest BCUT2D eigenvalue weighted by Crippen LogP contribution is 2.42. The highest BCUT2D eigenvalue weighted by molar-refractivity contribution is 7.22. The van der Waals surface area contributed by atoms with E-state index in [4.69, 9.17) is 23.7 Å². The van der Waals surface area contributed by atoms with Crippen molar-refractivity contribution in [1.29, 1.82) is 0 Å². The van der Waals surface area contributed by atoms with Crippen LogP contribution in [0.4, 0.5) is 0 Å². The van der Waals surface area contributed by atoms with Gasteiger partial charge in [-0.2, -0.15) is 0 Å². The van der Waals surface area contributed by atoms with Crippen molar-refractivity contribution in [2.24, 2.45) is 0 Å². The molecule has 7 rings (SSSR count). The minimum absolute atomic E-state index is 0.101. The van der Waals surface area contributed by atoms with Crippen molar-refractivity contribution in [3.63, 3.8) is 0 Å². The maximum absolute atomic E-state index is 14.4. The number of nitrogens with zero attached hydrogens (tertiary/aromatic N) is 1. The number of carbonyl (C=O) groups excluding carboxylic acids is 1. The largest absolute Gasteiger partial charge is 0.492 e. The molecule has 17 nitrogen and oxygen atoms in total. The molecule has 3 aromatic carbocycles. The molecule has 0 aliphatic carbocycles. The van der Waals surface area contributed by atoms with Crippen LogP contribution in [0, 0.1) is 0 Å². The Morgan fingerprint density at radius 3 is 1.76 bits per heavy atom. The van der Waals surface area contributed by atoms with Crippen LogP contribution in [-0.2, 0) is 19.1 Å². The number of carboxylic acids is 2. The number of piperidine rings is 1. The van der Waals surface area contributed by atoms with Crippen molar-refractivity contribution in [3.8, 4) is 27.7 Å². The minimum atomic E-state index is -1.90. The van der Waals surface area contributed by atoms with Gasteiger partial charge < -0.3 is 64.5 Å². The first-order valence-electron chi connectivity index (χ1n) is 18.7. The van der Waals surface area contributed by atoms with E-state index in [2.05, 4.69) is 4.90 Å². The predicted octanol–water partition coefficient (Wildman–Crippen LogP) is 1.21. The number of carbonyl (C=O) groups is 3. The lowest BCUT2D eigenvalue weighted by Crippen LogP contribution is -2.61. The molecule has 3 aliphatic rings. The number of thiophene rings is 1. The van der Waals surface area contributed by atoms with Gasteiger partial charge in [-0.05, 0) is 98.2 Å². The van der Waals surface area contributed by atoms with Crippen LogP contribution < -0.4 is 14.2 Å². The zero-order chi connectivity index (χ0) is 41.2. The first-order valence-corrected chi connectivity index (χ1v) is 19.5. The van der Waals surface area contributed by atoms with E-state index in [0.717, 1.165) is 19.6 Å². The molecule has 0 bridgehead atoms. The van der Waals surface area contributed by atoms with Crippen molar-refractivity contribution < 1.29 is 78.9 Å². The number of aliphatic hydroxyl groups is 6. The summed E-state index contributed by atoms with van der Waals surface area (Å²) in [5.74, 6) is -2.63. The number of aliphatic carboxylic acids is 2. The van der Waals surface area contributed by atoms with E-state index in [1.807, 2.05) is 0 Å². The first kappa shape index (κ1) is 41.4. The SMILES string of the molecule is O=C(c1ccc(OCCN2CCCCC2)cc1)c1c(-c2ccc(O[C@H]3O[C@@H](C(=O)O)[C@H](O)[C@@H](O)[C@H]3O)cc2)sc2cc(O[C@@H]3O[C@@H](C(=O)O)[C@@H](O)[C@H](O)[C@@H]3O)ccc12. The standard InChI is InChI=1S/C40H43NO16S/c42-27(19-4-8-21(9-5-19)53-17-16-41-14-2-1-3-15-41)26-24-13-12-23(55-40-33(48)29(44)31(46)35(57-40)38(51)52)18-25(24)58-36(26)20-6-10-22(11-7-20)54-39-32(47)28(43)30(45)34(56-39)37(49)50/h4-13,18,28-35,39-40,43-48H,1-3,14-17H2,(H,49,50)(H,51,52)/t28-,29+,30-,31+,32-,33+,34-,35-,39+,40-/m1/s1. The summed E-state index contributed by atoms with van der Waals surface area (Å²) in [4.78, 5) is 40.4. The molecule has 0 radical (unpaired) electrons. The summed E-state index contributed by atoms with van der Waals surface area (Å²) >= 11 is 1.21. The number of ketones is 1. The summed E-state index contributed by atoms with van der Waals surface area (Å²) in [5, 5.41) is 80.9. The molecule has 0 unspecified atom stereocenters. The molecule has 3 aliphatic heterocycles. The fourth-order valence-corrected chi connectivity index (χ4v) is 8.39. The van der Waals surface area contributed by atoms with Crippen LogP contribution in [0.25, 0.3) is 20.5 Å². The molecule has 0 amide bonds. The quantitative estimate of drug-likeness (QED) is 0.0881. The highest BCUT2D eigenvalue weighted by Gasteiger charge is 2.49. The van der Waals surface area contributed by atoms with E-state index in [9.17, 15) is 55.2 Å². The van der Waals surface area contributed by atoms with Gasteiger partial charge >= 0.3 is 11.9 Å². The Morgan fingerprint density at radius 2 is 1.19 bits per heavy atom. The third kappa shape index (κ3) is 8.67. The molecular formula is C40H43NO16S. The second kappa shape index (κ2) is 17.6. The molecule has 310 valence electrons. The number of benzene rings is 3. The van der Waals surface area contributed by atoms with Crippen LogP contribution in [0.2, 0.25) is 0 Å². The average Bonchev–Trinajstić information content (AvgIpc) is 3.60. The monoisotopic (exact) mass is 825 g/mol. The lowest BCUT2D eigenvalue weighted by atomic mass is 9.97. The fraction of sp³-hybridized carbons (Fsp3) is 0.425. The number of rotatable bonds is 13. The molecule has 3 fully saturated rings. The van der Waals surface area contributed by atoms with Gasteiger partial charge in [0.25, 0.3) is 0 Å². The topological polar surface area (TPSA) is 262 Å².